The molecule has 1 N–H and O–H groups in total. The maximum absolute atomic E-state index is 12.4. The van der Waals surface area contributed by atoms with Gasteiger partial charge in [0.05, 0.1) is 18.7 Å². The monoisotopic (exact) mass is 335 g/mol. The Hall–Kier alpha value is -2.97. The Morgan fingerprint density at radius 3 is 2.71 bits per heavy atom. The molecule has 3 rings (SSSR count). The smallest absolute Gasteiger partial charge is 0.387 e. The van der Waals surface area contributed by atoms with Gasteiger partial charge in [0.2, 0.25) is 0 Å². The van der Waals surface area contributed by atoms with Gasteiger partial charge in [-0.25, -0.2) is 9.97 Å². The van der Waals surface area contributed by atoms with Crippen LogP contribution in [0.5, 0.6) is 11.5 Å². The molecule has 3 aromatic rings. The second kappa shape index (κ2) is 6.26. The summed E-state index contributed by atoms with van der Waals surface area (Å²) >= 11 is 0. The van der Waals surface area contributed by atoms with E-state index in [1.165, 1.54) is 13.2 Å². The summed E-state index contributed by atoms with van der Waals surface area (Å²) in [5.41, 5.74) is 1.30. The molecule has 9 heteroatoms. The zero-order valence-corrected chi connectivity index (χ0v) is 13.2. The molecule has 0 saturated carbocycles. The molecule has 1 aromatic carbocycles. The summed E-state index contributed by atoms with van der Waals surface area (Å²) in [6.07, 6.45) is 1.66. The fourth-order valence-corrected chi connectivity index (χ4v) is 2.30. The first-order chi connectivity index (χ1) is 11.5. The van der Waals surface area contributed by atoms with Gasteiger partial charge in [0.1, 0.15) is 11.6 Å². The van der Waals surface area contributed by atoms with Gasteiger partial charge in [-0.2, -0.15) is 13.9 Å². The van der Waals surface area contributed by atoms with E-state index in [2.05, 4.69) is 25.1 Å². The van der Waals surface area contributed by atoms with Crippen molar-refractivity contribution in [2.75, 3.05) is 12.4 Å². The van der Waals surface area contributed by atoms with E-state index < -0.39 is 6.61 Å². The van der Waals surface area contributed by atoms with Crippen LogP contribution in [-0.4, -0.2) is 33.5 Å². The van der Waals surface area contributed by atoms with E-state index in [1.54, 1.807) is 37.0 Å². The lowest BCUT2D eigenvalue weighted by molar-refractivity contribution is -0.0512. The molecule has 0 radical (unpaired) electrons. The van der Waals surface area contributed by atoms with Crippen molar-refractivity contribution in [1.82, 2.24) is 19.7 Å². The van der Waals surface area contributed by atoms with Gasteiger partial charge in [0.15, 0.2) is 17.1 Å². The van der Waals surface area contributed by atoms with Crippen molar-refractivity contribution in [3.05, 3.63) is 30.2 Å². The van der Waals surface area contributed by atoms with Crippen LogP contribution in [0.25, 0.3) is 11.0 Å². The highest BCUT2D eigenvalue weighted by Crippen LogP contribution is 2.33. The second-order valence-electron chi connectivity index (χ2n) is 4.99. The Kier molecular flexibility index (Phi) is 4.15. The number of ether oxygens (including phenoxy) is 2. The molecule has 0 aliphatic carbocycles. The Morgan fingerprint density at radius 1 is 1.21 bits per heavy atom. The van der Waals surface area contributed by atoms with Crippen molar-refractivity contribution in [3.8, 4) is 11.5 Å². The molecule has 0 bridgehead atoms. The fourth-order valence-electron chi connectivity index (χ4n) is 2.30. The minimum Gasteiger partial charge on any atom is -0.493 e. The highest BCUT2D eigenvalue weighted by Gasteiger charge is 2.13. The zero-order valence-electron chi connectivity index (χ0n) is 13.2. The van der Waals surface area contributed by atoms with Crippen molar-refractivity contribution in [1.29, 1.82) is 0 Å². The molecular weight excluding hydrogens is 320 g/mol. The average molecular weight is 335 g/mol. The van der Waals surface area contributed by atoms with E-state index in [0.717, 1.165) is 5.39 Å². The lowest BCUT2D eigenvalue weighted by Gasteiger charge is -2.13. The van der Waals surface area contributed by atoms with Gasteiger partial charge < -0.3 is 14.8 Å². The van der Waals surface area contributed by atoms with Crippen LogP contribution in [0.4, 0.5) is 20.3 Å². The van der Waals surface area contributed by atoms with Crippen LogP contribution >= 0.6 is 0 Å². The highest BCUT2D eigenvalue weighted by atomic mass is 19.3. The quantitative estimate of drug-likeness (QED) is 0.772. The van der Waals surface area contributed by atoms with Crippen LogP contribution in [0.15, 0.2) is 24.4 Å². The van der Waals surface area contributed by atoms with Crippen LogP contribution in [-0.2, 0) is 7.05 Å². The van der Waals surface area contributed by atoms with Crippen molar-refractivity contribution >= 4 is 22.5 Å². The normalized spacial score (nSPS) is 11.1. The molecular formula is C15H15F2N5O2. The Balaban J connectivity index is 1.97. The lowest BCUT2D eigenvalue weighted by Crippen LogP contribution is -2.04. The fraction of sp³-hybridized carbons (Fsp3) is 0.267. The molecule has 2 aromatic heterocycles. The molecule has 0 spiro atoms. The second-order valence-corrected chi connectivity index (χ2v) is 4.99. The van der Waals surface area contributed by atoms with Crippen LogP contribution in [0.3, 0.4) is 0 Å². The molecule has 0 aliphatic rings. The van der Waals surface area contributed by atoms with Crippen molar-refractivity contribution in [3.63, 3.8) is 0 Å². The van der Waals surface area contributed by atoms with E-state index >= 15 is 0 Å². The van der Waals surface area contributed by atoms with Gasteiger partial charge in [0, 0.05) is 18.8 Å². The van der Waals surface area contributed by atoms with Gasteiger partial charge in [-0.3, -0.25) is 4.68 Å². The van der Waals surface area contributed by atoms with Gasteiger partial charge in [-0.1, -0.05) is 0 Å². The summed E-state index contributed by atoms with van der Waals surface area (Å²) in [5.74, 6) is 1.30. The van der Waals surface area contributed by atoms with E-state index in [0.29, 0.717) is 23.0 Å². The van der Waals surface area contributed by atoms with Crippen molar-refractivity contribution < 1.29 is 18.3 Å². The van der Waals surface area contributed by atoms with Gasteiger partial charge in [0.25, 0.3) is 0 Å². The number of aryl methyl sites for hydroxylation is 2. The van der Waals surface area contributed by atoms with Crippen LogP contribution in [0, 0.1) is 6.92 Å². The summed E-state index contributed by atoms with van der Waals surface area (Å²) in [5, 5.41) is 8.04. The number of hydrogen-bond donors (Lipinski definition) is 1. The SMILES string of the molecule is COc1cc(Nc2nc(C)nc3c2cnn3C)ccc1OC(F)F. The lowest BCUT2D eigenvalue weighted by atomic mass is 10.2. The molecule has 126 valence electrons. The number of aromatic nitrogens is 4. The zero-order chi connectivity index (χ0) is 17.3. The minimum atomic E-state index is -2.92. The van der Waals surface area contributed by atoms with Crippen LogP contribution in [0.1, 0.15) is 5.82 Å². The number of alkyl halides is 2. The Labute approximate surface area is 136 Å². The third-order valence-electron chi connectivity index (χ3n) is 3.35. The molecule has 0 aliphatic heterocycles. The minimum absolute atomic E-state index is 0.0385. The summed E-state index contributed by atoms with van der Waals surface area (Å²) in [6.45, 7) is -1.14. The maximum Gasteiger partial charge on any atom is 0.387 e. The number of benzene rings is 1. The number of halogens is 2. The van der Waals surface area contributed by atoms with E-state index in [-0.39, 0.29) is 11.5 Å². The van der Waals surface area contributed by atoms with Crippen LogP contribution in [0.2, 0.25) is 0 Å². The number of methoxy groups -OCH3 is 1. The number of nitrogens with zero attached hydrogens (tertiary/aromatic N) is 4. The largest absolute Gasteiger partial charge is 0.493 e. The van der Waals surface area contributed by atoms with E-state index in [1.807, 2.05) is 0 Å². The molecule has 0 unspecified atom stereocenters. The molecule has 24 heavy (non-hydrogen) atoms. The van der Waals surface area contributed by atoms with Crippen LogP contribution < -0.4 is 14.8 Å². The molecule has 0 fully saturated rings. The molecule has 0 amide bonds. The predicted molar refractivity (Wildman–Crippen MR) is 83.9 cm³/mol. The van der Waals surface area contributed by atoms with E-state index in [4.69, 9.17) is 4.74 Å². The van der Waals surface area contributed by atoms with Crippen molar-refractivity contribution in [2.45, 2.75) is 13.5 Å². The average Bonchev–Trinajstić information content (AvgIpc) is 2.90. The topological polar surface area (TPSA) is 74.1 Å². The number of fused-ring (bicyclic) bond motifs is 1. The first-order valence-electron chi connectivity index (χ1n) is 7.04. The van der Waals surface area contributed by atoms with Gasteiger partial charge in [-0.05, 0) is 19.1 Å². The van der Waals surface area contributed by atoms with Gasteiger partial charge in [-0.15, -0.1) is 0 Å². The van der Waals surface area contributed by atoms with Crippen molar-refractivity contribution in [2.24, 2.45) is 7.05 Å². The number of nitrogens with one attached hydrogen (secondary N) is 1. The highest BCUT2D eigenvalue weighted by molar-refractivity contribution is 5.88. The maximum atomic E-state index is 12.4. The summed E-state index contributed by atoms with van der Waals surface area (Å²) in [6, 6.07) is 4.55. The summed E-state index contributed by atoms with van der Waals surface area (Å²) < 4.78 is 35.9. The first-order valence-corrected chi connectivity index (χ1v) is 7.04. The number of hydrogen-bond acceptors (Lipinski definition) is 6. The molecule has 0 saturated heterocycles. The third-order valence-corrected chi connectivity index (χ3v) is 3.35. The first kappa shape index (κ1) is 15.9. The predicted octanol–water partition coefficient (Wildman–Crippen LogP) is 3.03. The van der Waals surface area contributed by atoms with E-state index in [9.17, 15) is 8.78 Å². The Bertz CT molecular complexity index is 882. The molecule has 2 heterocycles. The molecule has 7 nitrogen and oxygen atoms in total. The summed E-state index contributed by atoms with van der Waals surface area (Å²) in [4.78, 5) is 8.71. The summed E-state index contributed by atoms with van der Waals surface area (Å²) in [7, 11) is 3.17. The van der Waals surface area contributed by atoms with Gasteiger partial charge >= 0.3 is 6.61 Å². The Morgan fingerprint density at radius 2 is 2.00 bits per heavy atom. The number of rotatable bonds is 5. The third kappa shape index (κ3) is 3.05. The number of anilines is 2. The molecule has 0 atom stereocenters. The standard InChI is InChI=1S/C15H15F2N5O2/c1-8-19-13(10-7-18-22(2)14(10)20-8)21-9-4-5-11(24-15(16)17)12(6-9)23-3/h4-7,15H,1-3H3,(H,19,20,21).